The van der Waals surface area contributed by atoms with Crippen molar-refractivity contribution < 1.29 is 13.6 Å². The molecule has 5 heteroatoms. The fraction of sp³-hybridized carbons (Fsp3) is 0.417. The molecule has 0 saturated heterocycles. The smallest absolute Gasteiger partial charge is 0.259 e. The van der Waals surface area contributed by atoms with Gasteiger partial charge in [-0.3, -0.25) is 4.79 Å². The Kier molecular flexibility index (Phi) is 4.46. The Morgan fingerprint density at radius 1 is 1.47 bits per heavy atom. The minimum Gasteiger partial charge on any atom is -0.340 e. The van der Waals surface area contributed by atoms with Crippen molar-refractivity contribution in [1.82, 2.24) is 4.90 Å². The van der Waals surface area contributed by atoms with Crippen LogP contribution in [-0.4, -0.2) is 29.8 Å². The quantitative estimate of drug-likeness (QED) is 0.766. The molecular formula is C12H14ClF2NO. The lowest BCUT2D eigenvalue weighted by molar-refractivity contribution is 0.0786. The molecule has 0 N–H and O–H groups in total. The summed E-state index contributed by atoms with van der Waals surface area (Å²) in [4.78, 5) is 13.1. The molecule has 0 aliphatic rings. The molecule has 1 atom stereocenters. The second-order valence-electron chi connectivity index (χ2n) is 4.02. The summed E-state index contributed by atoms with van der Waals surface area (Å²) >= 11 is 5.73. The average molecular weight is 262 g/mol. The molecule has 0 aliphatic carbocycles. The van der Waals surface area contributed by atoms with Crippen LogP contribution in [-0.2, 0) is 0 Å². The molecular weight excluding hydrogens is 248 g/mol. The first-order valence-corrected chi connectivity index (χ1v) is 5.62. The molecule has 0 radical (unpaired) electrons. The van der Waals surface area contributed by atoms with E-state index in [-0.39, 0.29) is 17.5 Å². The molecule has 1 amide bonds. The second kappa shape index (κ2) is 5.45. The van der Waals surface area contributed by atoms with Crippen molar-refractivity contribution in [1.29, 1.82) is 0 Å². The topological polar surface area (TPSA) is 20.3 Å². The lowest BCUT2D eigenvalue weighted by Crippen LogP contribution is -2.32. The minimum absolute atomic E-state index is 0.229. The second-order valence-corrected chi connectivity index (χ2v) is 4.76. The Morgan fingerprint density at radius 2 is 2.06 bits per heavy atom. The third-order valence-electron chi connectivity index (χ3n) is 2.37. The first-order valence-electron chi connectivity index (χ1n) is 5.18. The van der Waals surface area contributed by atoms with Gasteiger partial charge in [0.05, 0.1) is 0 Å². The Bertz CT molecular complexity index is 435. The van der Waals surface area contributed by atoms with Crippen molar-refractivity contribution in [2.24, 2.45) is 0 Å². The number of aryl methyl sites for hydroxylation is 1. The molecule has 0 spiro atoms. The Balaban J connectivity index is 3.08. The first-order chi connectivity index (χ1) is 7.84. The van der Waals surface area contributed by atoms with E-state index in [1.165, 1.54) is 24.9 Å². The van der Waals surface area contributed by atoms with Crippen LogP contribution >= 0.6 is 11.6 Å². The largest absolute Gasteiger partial charge is 0.340 e. The zero-order chi connectivity index (χ0) is 13.2. The van der Waals surface area contributed by atoms with Gasteiger partial charge in [0.15, 0.2) is 0 Å². The van der Waals surface area contributed by atoms with Gasteiger partial charge in [-0.05, 0) is 25.5 Å². The summed E-state index contributed by atoms with van der Waals surface area (Å²) in [5, 5.41) is -0.278. The van der Waals surface area contributed by atoms with Crippen LogP contribution in [0.4, 0.5) is 8.78 Å². The summed E-state index contributed by atoms with van der Waals surface area (Å²) in [6.45, 7) is 3.41. The number of carbonyl (C=O) groups excluding carboxylic acids is 1. The maximum absolute atomic E-state index is 13.7. The van der Waals surface area contributed by atoms with Crippen LogP contribution in [0.3, 0.4) is 0 Å². The molecule has 0 fully saturated rings. The zero-order valence-corrected chi connectivity index (χ0v) is 10.7. The van der Waals surface area contributed by atoms with E-state index < -0.39 is 23.1 Å². The highest BCUT2D eigenvalue weighted by Crippen LogP contribution is 2.18. The van der Waals surface area contributed by atoms with Crippen LogP contribution in [0.1, 0.15) is 22.8 Å². The molecule has 1 rings (SSSR count). The highest BCUT2D eigenvalue weighted by Gasteiger charge is 2.22. The number of halogens is 3. The Hall–Kier alpha value is -1.16. The van der Waals surface area contributed by atoms with E-state index >= 15 is 0 Å². The van der Waals surface area contributed by atoms with Gasteiger partial charge in [-0.15, -0.1) is 11.6 Å². The van der Waals surface area contributed by atoms with Crippen LogP contribution < -0.4 is 0 Å². The Morgan fingerprint density at radius 3 is 2.59 bits per heavy atom. The molecule has 0 bridgehead atoms. The fourth-order valence-electron chi connectivity index (χ4n) is 1.50. The molecule has 94 valence electrons. The summed E-state index contributed by atoms with van der Waals surface area (Å²) in [6, 6.07) is 2.38. The van der Waals surface area contributed by atoms with Crippen LogP contribution in [0.25, 0.3) is 0 Å². The van der Waals surface area contributed by atoms with Crippen molar-refractivity contribution in [3.63, 3.8) is 0 Å². The standard InChI is InChI=1S/C12H14ClF2NO/c1-7-4-5-9(14)10(11(7)15)12(17)16(3)6-8(2)13/h4-5,8H,6H2,1-3H3. The first kappa shape index (κ1) is 13.9. The molecule has 1 aromatic carbocycles. The highest BCUT2D eigenvalue weighted by atomic mass is 35.5. The number of hydrogen-bond acceptors (Lipinski definition) is 1. The summed E-state index contributed by atoms with van der Waals surface area (Å²) in [6.07, 6.45) is 0. The normalized spacial score (nSPS) is 12.4. The average Bonchev–Trinajstić information content (AvgIpc) is 2.23. The van der Waals surface area contributed by atoms with Gasteiger partial charge in [-0.25, -0.2) is 8.78 Å². The van der Waals surface area contributed by atoms with Gasteiger partial charge in [0.25, 0.3) is 5.91 Å². The number of hydrogen-bond donors (Lipinski definition) is 0. The van der Waals surface area contributed by atoms with E-state index in [0.29, 0.717) is 0 Å². The molecule has 1 unspecified atom stereocenters. The minimum atomic E-state index is -0.854. The molecule has 0 saturated carbocycles. The van der Waals surface area contributed by atoms with Gasteiger partial charge in [0, 0.05) is 19.0 Å². The van der Waals surface area contributed by atoms with Gasteiger partial charge in [0.1, 0.15) is 17.2 Å². The molecule has 1 aromatic rings. The van der Waals surface area contributed by atoms with Gasteiger partial charge < -0.3 is 4.90 Å². The van der Waals surface area contributed by atoms with Crippen molar-refractivity contribution in [3.05, 3.63) is 34.9 Å². The monoisotopic (exact) mass is 261 g/mol. The van der Waals surface area contributed by atoms with Crippen LogP contribution in [0.5, 0.6) is 0 Å². The van der Waals surface area contributed by atoms with E-state index in [4.69, 9.17) is 11.6 Å². The van der Waals surface area contributed by atoms with Gasteiger partial charge in [-0.2, -0.15) is 0 Å². The molecule has 17 heavy (non-hydrogen) atoms. The molecule has 0 aliphatic heterocycles. The van der Waals surface area contributed by atoms with Gasteiger partial charge >= 0.3 is 0 Å². The van der Waals surface area contributed by atoms with Gasteiger partial charge in [-0.1, -0.05) is 6.07 Å². The predicted octanol–water partition coefficient (Wildman–Crippen LogP) is 2.97. The third kappa shape index (κ3) is 3.16. The van der Waals surface area contributed by atoms with E-state index in [0.717, 1.165) is 6.07 Å². The Labute approximate surface area is 104 Å². The number of rotatable bonds is 3. The lowest BCUT2D eigenvalue weighted by atomic mass is 10.1. The highest BCUT2D eigenvalue weighted by molar-refractivity contribution is 6.20. The van der Waals surface area contributed by atoms with E-state index in [1.54, 1.807) is 6.92 Å². The summed E-state index contributed by atoms with van der Waals surface area (Å²) in [7, 11) is 1.46. The number of nitrogens with zero attached hydrogens (tertiary/aromatic N) is 1. The van der Waals surface area contributed by atoms with E-state index in [9.17, 15) is 13.6 Å². The van der Waals surface area contributed by atoms with Crippen molar-refractivity contribution in [2.75, 3.05) is 13.6 Å². The van der Waals surface area contributed by atoms with E-state index in [2.05, 4.69) is 0 Å². The summed E-state index contributed by atoms with van der Waals surface area (Å²) in [5.74, 6) is -2.37. The molecule has 0 aromatic heterocycles. The van der Waals surface area contributed by atoms with Crippen LogP contribution in [0.2, 0.25) is 0 Å². The number of carbonyl (C=O) groups is 1. The van der Waals surface area contributed by atoms with Crippen LogP contribution in [0.15, 0.2) is 12.1 Å². The fourth-order valence-corrected chi connectivity index (χ4v) is 1.71. The summed E-state index contributed by atoms with van der Waals surface area (Å²) in [5.41, 5.74) is -0.285. The van der Waals surface area contributed by atoms with Crippen molar-refractivity contribution in [2.45, 2.75) is 19.2 Å². The SMILES string of the molecule is Cc1ccc(F)c(C(=O)N(C)CC(C)Cl)c1F. The molecule has 2 nitrogen and oxygen atoms in total. The number of alkyl halides is 1. The van der Waals surface area contributed by atoms with Gasteiger partial charge in [0.2, 0.25) is 0 Å². The number of amides is 1. The zero-order valence-electron chi connectivity index (χ0n) is 9.93. The van der Waals surface area contributed by atoms with E-state index in [1.807, 2.05) is 0 Å². The molecule has 0 heterocycles. The lowest BCUT2D eigenvalue weighted by Gasteiger charge is -2.19. The van der Waals surface area contributed by atoms with Crippen LogP contribution in [0, 0.1) is 18.6 Å². The van der Waals surface area contributed by atoms with Crippen molar-refractivity contribution in [3.8, 4) is 0 Å². The number of benzene rings is 1. The third-order valence-corrected chi connectivity index (χ3v) is 2.51. The van der Waals surface area contributed by atoms with Crippen molar-refractivity contribution >= 4 is 17.5 Å². The predicted molar refractivity (Wildman–Crippen MR) is 63.4 cm³/mol. The maximum Gasteiger partial charge on any atom is 0.259 e. The summed E-state index contributed by atoms with van der Waals surface area (Å²) < 4.78 is 27.1. The maximum atomic E-state index is 13.7.